The van der Waals surface area contributed by atoms with Crippen molar-refractivity contribution >= 4 is 0 Å². The molecule has 0 radical (unpaired) electrons. The molecule has 1 aromatic carbocycles. The van der Waals surface area contributed by atoms with Gasteiger partial charge in [-0.15, -0.1) is 0 Å². The molecule has 2 rings (SSSR count). The zero-order valence-corrected chi connectivity index (χ0v) is 12.6. The number of nitrogens with zero attached hydrogens (tertiary/aromatic N) is 1. The summed E-state index contributed by atoms with van der Waals surface area (Å²) >= 11 is 0. The summed E-state index contributed by atoms with van der Waals surface area (Å²) in [7, 11) is 0. The SMILES string of the molecule is CCC1CCN(CCC(N)(CO)c2ccccc2)CC1. The van der Waals surface area contributed by atoms with Gasteiger partial charge in [0, 0.05) is 6.54 Å². The molecular weight excluding hydrogens is 248 g/mol. The smallest absolute Gasteiger partial charge is 0.0656 e. The number of hydrogen-bond acceptors (Lipinski definition) is 3. The van der Waals surface area contributed by atoms with Crippen molar-refractivity contribution in [2.24, 2.45) is 11.7 Å². The lowest BCUT2D eigenvalue weighted by Crippen LogP contribution is -2.45. The number of rotatable bonds is 6. The largest absolute Gasteiger partial charge is 0.394 e. The van der Waals surface area contributed by atoms with Gasteiger partial charge in [0.05, 0.1) is 12.1 Å². The van der Waals surface area contributed by atoms with E-state index in [4.69, 9.17) is 5.73 Å². The standard InChI is InChI=1S/C17H28N2O/c1-2-15-8-11-19(12-9-15)13-10-17(18,14-20)16-6-4-3-5-7-16/h3-7,15,20H,2,8-14,18H2,1H3. The Morgan fingerprint density at radius 2 is 1.90 bits per heavy atom. The lowest BCUT2D eigenvalue weighted by Gasteiger charge is -2.35. The van der Waals surface area contributed by atoms with Crippen molar-refractivity contribution in [1.29, 1.82) is 0 Å². The van der Waals surface area contributed by atoms with E-state index in [1.165, 1.54) is 32.4 Å². The minimum atomic E-state index is -0.608. The number of aliphatic hydroxyl groups is 1. The van der Waals surface area contributed by atoms with Crippen LogP contribution < -0.4 is 5.73 Å². The summed E-state index contributed by atoms with van der Waals surface area (Å²) in [4.78, 5) is 2.49. The van der Waals surface area contributed by atoms with Gasteiger partial charge < -0.3 is 15.7 Å². The molecule has 0 spiro atoms. The monoisotopic (exact) mass is 276 g/mol. The number of piperidine rings is 1. The Morgan fingerprint density at radius 1 is 1.25 bits per heavy atom. The first-order valence-corrected chi connectivity index (χ1v) is 7.85. The number of likely N-dealkylation sites (tertiary alicyclic amines) is 1. The molecule has 0 aromatic heterocycles. The molecule has 1 heterocycles. The van der Waals surface area contributed by atoms with Gasteiger partial charge in [0.25, 0.3) is 0 Å². The normalized spacial score (nSPS) is 20.8. The molecule has 3 N–H and O–H groups in total. The van der Waals surface area contributed by atoms with Crippen LogP contribution in [0, 0.1) is 5.92 Å². The zero-order valence-electron chi connectivity index (χ0n) is 12.6. The van der Waals surface area contributed by atoms with Crippen LogP contribution in [-0.2, 0) is 5.54 Å². The van der Waals surface area contributed by atoms with Crippen LogP contribution in [0.1, 0.15) is 38.2 Å². The van der Waals surface area contributed by atoms with Gasteiger partial charge in [-0.05, 0) is 43.8 Å². The first-order chi connectivity index (χ1) is 9.68. The average Bonchev–Trinajstić information content (AvgIpc) is 2.54. The second kappa shape index (κ2) is 7.21. The predicted molar refractivity (Wildman–Crippen MR) is 83.5 cm³/mol. The van der Waals surface area contributed by atoms with Crippen LogP contribution in [0.3, 0.4) is 0 Å². The molecule has 1 atom stereocenters. The van der Waals surface area contributed by atoms with Crippen LogP contribution in [0.4, 0.5) is 0 Å². The lowest BCUT2D eigenvalue weighted by atomic mass is 9.87. The topological polar surface area (TPSA) is 49.5 Å². The first kappa shape index (κ1) is 15.5. The lowest BCUT2D eigenvalue weighted by molar-refractivity contribution is 0.138. The van der Waals surface area contributed by atoms with Gasteiger partial charge in [-0.1, -0.05) is 43.7 Å². The molecule has 0 aliphatic carbocycles. The molecule has 1 saturated heterocycles. The molecule has 20 heavy (non-hydrogen) atoms. The second-order valence-corrected chi connectivity index (χ2v) is 6.12. The van der Waals surface area contributed by atoms with E-state index in [1.807, 2.05) is 30.3 Å². The van der Waals surface area contributed by atoms with Crippen molar-refractivity contribution < 1.29 is 5.11 Å². The fraction of sp³-hybridized carbons (Fsp3) is 0.647. The predicted octanol–water partition coefficient (Wildman–Crippen LogP) is 2.34. The van der Waals surface area contributed by atoms with Crippen molar-refractivity contribution in [3.63, 3.8) is 0 Å². The third kappa shape index (κ3) is 3.81. The van der Waals surface area contributed by atoms with Crippen LogP contribution in [0.2, 0.25) is 0 Å². The van der Waals surface area contributed by atoms with Crippen LogP contribution in [0.5, 0.6) is 0 Å². The molecule has 3 heteroatoms. The summed E-state index contributed by atoms with van der Waals surface area (Å²) in [6.07, 6.45) is 4.72. The Balaban J connectivity index is 1.88. The molecule has 1 aliphatic heterocycles. The van der Waals surface area contributed by atoms with E-state index < -0.39 is 5.54 Å². The summed E-state index contributed by atoms with van der Waals surface area (Å²) in [6, 6.07) is 9.98. The number of hydrogen-bond donors (Lipinski definition) is 2. The van der Waals surface area contributed by atoms with Crippen molar-refractivity contribution in [3.8, 4) is 0 Å². The maximum absolute atomic E-state index is 9.70. The minimum absolute atomic E-state index is 0.00242. The summed E-state index contributed by atoms with van der Waals surface area (Å²) in [5, 5.41) is 9.70. The summed E-state index contributed by atoms with van der Waals surface area (Å²) in [6.45, 7) is 5.61. The maximum Gasteiger partial charge on any atom is 0.0656 e. The van der Waals surface area contributed by atoms with E-state index in [-0.39, 0.29) is 6.61 Å². The van der Waals surface area contributed by atoms with E-state index >= 15 is 0 Å². The summed E-state index contributed by atoms with van der Waals surface area (Å²) in [5.74, 6) is 0.904. The Kier molecular flexibility index (Phi) is 5.58. The van der Waals surface area contributed by atoms with E-state index in [2.05, 4.69) is 11.8 Å². The van der Waals surface area contributed by atoms with Gasteiger partial charge in [0.2, 0.25) is 0 Å². The van der Waals surface area contributed by atoms with Crippen LogP contribution in [-0.4, -0.2) is 36.2 Å². The Bertz CT molecular complexity index is 387. The van der Waals surface area contributed by atoms with Gasteiger partial charge in [0.1, 0.15) is 0 Å². The highest BCUT2D eigenvalue weighted by Crippen LogP contribution is 2.24. The van der Waals surface area contributed by atoms with E-state index in [0.29, 0.717) is 0 Å². The van der Waals surface area contributed by atoms with Crippen molar-refractivity contribution in [2.45, 2.75) is 38.1 Å². The third-order valence-electron chi connectivity index (χ3n) is 4.79. The molecule has 1 fully saturated rings. The fourth-order valence-electron chi connectivity index (χ4n) is 3.06. The molecule has 0 saturated carbocycles. The van der Waals surface area contributed by atoms with Crippen LogP contribution >= 0.6 is 0 Å². The molecule has 3 nitrogen and oxygen atoms in total. The van der Waals surface area contributed by atoms with Crippen LogP contribution in [0.15, 0.2) is 30.3 Å². The van der Waals surface area contributed by atoms with Gasteiger partial charge in [-0.25, -0.2) is 0 Å². The quantitative estimate of drug-likeness (QED) is 0.838. The first-order valence-electron chi connectivity index (χ1n) is 7.85. The Morgan fingerprint density at radius 3 is 2.45 bits per heavy atom. The number of nitrogens with two attached hydrogens (primary N) is 1. The highest BCUT2D eigenvalue weighted by Gasteiger charge is 2.27. The summed E-state index contributed by atoms with van der Waals surface area (Å²) in [5.41, 5.74) is 6.84. The van der Waals surface area contributed by atoms with Gasteiger partial charge in [-0.2, -0.15) is 0 Å². The molecule has 0 amide bonds. The zero-order chi connectivity index (χ0) is 14.4. The van der Waals surface area contributed by atoms with Gasteiger partial charge >= 0.3 is 0 Å². The van der Waals surface area contributed by atoms with Crippen LogP contribution in [0.25, 0.3) is 0 Å². The fourth-order valence-corrected chi connectivity index (χ4v) is 3.06. The third-order valence-corrected chi connectivity index (χ3v) is 4.79. The minimum Gasteiger partial charge on any atom is -0.394 e. The number of aliphatic hydroxyl groups excluding tert-OH is 1. The average molecular weight is 276 g/mol. The van der Waals surface area contributed by atoms with Crippen molar-refractivity contribution in [3.05, 3.63) is 35.9 Å². The van der Waals surface area contributed by atoms with Gasteiger partial charge in [0.15, 0.2) is 0 Å². The molecule has 1 aliphatic rings. The van der Waals surface area contributed by atoms with E-state index in [0.717, 1.165) is 24.4 Å². The molecule has 1 unspecified atom stereocenters. The highest BCUT2D eigenvalue weighted by molar-refractivity contribution is 5.24. The molecule has 0 bridgehead atoms. The van der Waals surface area contributed by atoms with E-state index in [9.17, 15) is 5.11 Å². The Labute approximate surface area is 122 Å². The van der Waals surface area contributed by atoms with E-state index in [1.54, 1.807) is 0 Å². The second-order valence-electron chi connectivity index (χ2n) is 6.12. The molecule has 112 valence electrons. The number of benzene rings is 1. The highest BCUT2D eigenvalue weighted by atomic mass is 16.3. The molecule has 1 aromatic rings. The van der Waals surface area contributed by atoms with Gasteiger partial charge in [-0.3, -0.25) is 0 Å². The van der Waals surface area contributed by atoms with Crippen molar-refractivity contribution in [1.82, 2.24) is 4.90 Å². The van der Waals surface area contributed by atoms with Crippen molar-refractivity contribution in [2.75, 3.05) is 26.2 Å². The Hall–Kier alpha value is -0.900. The maximum atomic E-state index is 9.70. The summed E-state index contributed by atoms with van der Waals surface area (Å²) < 4.78 is 0. The molecular formula is C17H28N2O.